The Hall–Kier alpha value is -1.88. The van der Waals surface area contributed by atoms with Gasteiger partial charge in [-0.25, -0.2) is 0 Å². The second-order valence-electron chi connectivity index (χ2n) is 8.44. The van der Waals surface area contributed by atoms with Gasteiger partial charge >= 0.3 is 0 Å². The van der Waals surface area contributed by atoms with Crippen molar-refractivity contribution in [3.05, 3.63) is 29.3 Å². The fraction of sp³-hybridized carbons (Fsp3) is 0.667. The number of carbonyl (C=O) groups is 2. The van der Waals surface area contributed by atoms with Crippen LogP contribution in [0.2, 0.25) is 0 Å². The summed E-state index contributed by atoms with van der Waals surface area (Å²) in [6, 6.07) is 6.74. The van der Waals surface area contributed by atoms with E-state index in [4.69, 9.17) is 0 Å². The molecule has 1 unspecified atom stereocenters. The van der Waals surface area contributed by atoms with Gasteiger partial charge in [0, 0.05) is 30.7 Å². The van der Waals surface area contributed by atoms with Crippen LogP contribution in [0.3, 0.4) is 0 Å². The van der Waals surface area contributed by atoms with E-state index < -0.39 is 0 Å². The third-order valence-corrected chi connectivity index (χ3v) is 5.80. The third kappa shape index (κ3) is 8.17. The second kappa shape index (κ2) is 12.0. The van der Waals surface area contributed by atoms with Gasteiger partial charge in [0.25, 0.3) is 0 Å². The van der Waals surface area contributed by atoms with E-state index in [1.165, 1.54) is 19.3 Å². The Bertz CT molecular complexity index is 650. The number of para-hydroxylation sites is 1. The van der Waals surface area contributed by atoms with Crippen molar-refractivity contribution in [1.82, 2.24) is 10.2 Å². The summed E-state index contributed by atoms with van der Waals surface area (Å²) in [6.45, 7) is 9.34. The topological polar surface area (TPSA) is 61.4 Å². The molecule has 1 aromatic rings. The molecular formula is C24H39N3O2. The van der Waals surface area contributed by atoms with E-state index in [1.807, 2.05) is 32.0 Å². The van der Waals surface area contributed by atoms with Crippen molar-refractivity contribution in [2.24, 2.45) is 0 Å². The number of nitrogens with one attached hydrogen (secondary N) is 2. The molecule has 0 radical (unpaired) electrons. The van der Waals surface area contributed by atoms with E-state index in [9.17, 15) is 9.59 Å². The quantitative estimate of drug-likeness (QED) is 0.476. The summed E-state index contributed by atoms with van der Waals surface area (Å²) in [5.74, 6) is 0.106. The van der Waals surface area contributed by atoms with Gasteiger partial charge in [0.15, 0.2) is 0 Å². The zero-order valence-corrected chi connectivity index (χ0v) is 18.7. The molecule has 1 fully saturated rings. The number of nitrogens with zero attached hydrogens (tertiary/aromatic N) is 1. The average Bonchev–Trinajstić information content (AvgIpc) is 3.52. The lowest BCUT2D eigenvalue weighted by molar-refractivity contribution is -0.123. The highest BCUT2D eigenvalue weighted by Gasteiger charge is 2.30. The van der Waals surface area contributed by atoms with E-state index >= 15 is 0 Å². The highest BCUT2D eigenvalue weighted by atomic mass is 16.2. The smallest absolute Gasteiger partial charge is 0.238 e. The molecule has 2 amide bonds. The van der Waals surface area contributed by atoms with E-state index in [0.717, 1.165) is 42.5 Å². The van der Waals surface area contributed by atoms with Crippen molar-refractivity contribution in [3.63, 3.8) is 0 Å². The summed E-state index contributed by atoms with van der Waals surface area (Å²) in [6.07, 6.45) is 8.31. The molecule has 1 aliphatic carbocycles. The van der Waals surface area contributed by atoms with Gasteiger partial charge in [0.2, 0.25) is 11.8 Å². The Labute approximate surface area is 176 Å². The third-order valence-electron chi connectivity index (χ3n) is 5.80. The van der Waals surface area contributed by atoms with Gasteiger partial charge in [-0.15, -0.1) is 0 Å². The van der Waals surface area contributed by atoms with Crippen LogP contribution in [-0.2, 0) is 9.59 Å². The normalized spacial score (nSPS) is 14.7. The first-order valence-corrected chi connectivity index (χ1v) is 11.3. The molecule has 2 N–H and O–H groups in total. The molecule has 2 rings (SSSR count). The first-order valence-electron chi connectivity index (χ1n) is 11.3. The Balaban J connectivity index is 1.81. The van der Waals surface area contributed by atoms with Gasteiger partial charge in [0.05, 0.1) is 6.54 Å². The van der Waals surface area contributed by atoms with Crippen molar-refractivity contribution >= 4 is 17.5 Å². The van der Waals surface area contributed by atoms with Crippen LogP contribution in [0.15, 0.2) is 18.2 Å². The van der Waals surface area contributed by atoms with E-state index in [-0.39, 0.29) is 17.9 Å². The molecule has 0 saturated heterocycles. The first kappa shape index (κ1) is 23.4. The number of hydrogen-bond acceptors (Lipinski definition) is 3. The average molecular weight is 402 g/mol. The first-order chi connectivity index (χ1) is 13.9. The number of hydrogen-bond donors (Lipinski definition) is 2. The van der Waals surface area contributed by atoms with Crippen LogP contribution in [0.25, 0.3) is 0 Å². The number of aryl methyl sites for hydroxylation is 2. The van der Waals surface area contributed by atoms with E-state index in [0.29, 0.717) is 25.6 Å². The molecule has 1 atom stereocenters. The monoisotopic (exact) mass is 401 g/mol. The number of carbonyl (C=O) groups excluding carboxylic acids is 2. The van der Waals surface area contributed by atoms with E-state index in [1.54, 1.807) is 0 Å². The SMILES string of the molecule is CCCCCC(CC)NC(=O)CCN(CC(=O)Nc1c(C)cccc1C)C1CC1. The van der Waals surface area contributed by atoms with Gasteiger partial charge in [-0.3, -0.25) is 14.5 Å². The van der Waals surface area contributed by atoms with Gasteiger partial charge < -0.3 is 10.6 Å². The maximum Gasteiger partial charge on any atom is 0.238 e. The minimum Gasteiger partial charge on any atom is -0.353 e. The molecular weight excluding hydrogens is 362 g/mol. The van der Waals surface area contributed by atoms with Crippen LogP contribution in [-0.4, -0.2) is 41.9 Å². The maximum atomic E-state index is 12.6. The van der Waals surface area contributed by atoms with Crippen LogP contribution in [0.4, 0.5) is 5.69 Å². The number of anilines is 1. The van der Waals surface area contributed by atoms with Crippen molar-refractivity contribution in [1.29, 1.82) is 0 Å². The molecule has 5 heteroatoms. The van der Waals surface area contributed by atoms with Crippen LogP contribution in [0.1, 0.15) is 76.3 Å². The standard InChI is InChI=1S/C24H39N3O2/c1-5-7-8-12-20(6-2)25-22(28)15-16-27(21-13-14-21)17-23(29)26-24-18(3)10-9-11-19(24)4/h9-11,20-21H,5-8,12-17H2,1-4H3,(H,25,28)(H,26,29). The lowest BCUT2D eigenvalue weighted by Gasteiger charge is -2.23. The van der Waals surface area contributed by atoms with Crippen LogP contribution in [0, 0.1) is 13.8 Å². The molecule has 0 spiro atoms. The van der Waals surface area contributed by atoms with Crippen molar-refractivity contribution in [2.45, 2.75) is 91.1 Å². The summed E-state index contributed by atoms with van der Waals surface area (Å²) in [7, 11) is 0. The Morgan fingerprint density at radius 1 is 1.10 bits per heavy atom. The van der Waals surface area contributed by atoms with Gasteiger partial charge in [-0.05, 0) is 50.7 Å². The molecule has 0 aliphatic heterocycles. The minimum absolute atomic E-state index is 0.000656. The Morgan fingerprint density at radius 3 is 2.38 bits per heavy atom. The van der Waals surface area contributed by atoms with Gasteiger partial charge in [-0.1, -0.05) is 51.3 Å². The fourth-order valence-corrected chi connectivity index (χ4v) is 3.77. The lowest BCUT2D eigenvalue weighted by Crippen LogP contribution is -2.40. The molecule has 0 bridgehead atoms. The van der Waals surface area contributed by atoms with Gasteiger partial charge in [0.1, 0.15) is 0 Å². The lowest BCUT2D eigenvalue weighted by atomic mass is 10.1. The number of amides is 2. The molecule has 29 heavy (non-hydrogen) atoms. The summed E-state index contributed by atoms with van der Waals surface area (Å²) in [5.41, 5.74) is 3.05. The largest absolute Gasteiger partial charge is 0.353 e. The van der Waals surface area contributed by atoms with Crippen LogP contribution < -0.4 is 10.6 Å². The molecule has 0 heterocycles. The Kier molecular flexibility index (Phi) is 9.65. The molecule has 162 valence electrons. The number of unbranched alkanes of at least 4 members (excludes halogenated alkanes) is 2. The summed E-state index contributed by atoms with van der Waals surface area (Å²) < 4.78 is 0. The number of benzene rings is 1. The molecule has 1 saturated carbocycles. The maximum absolute atomic E-state index is 12.6. The number of rotatable bonds is 13. The van der Waals surface area contributed by atoms with Crippen LogP contribution in [0.5, 0.6) is 0 Å². The van der Waals surface area contributed by atoms with Crippen molar-refractivity contribution in [2.75, 3.05) is 18.4 Å². The fourth-order valence-electron chi connectivity index (χ4n) is 3.77. The highest BCUT2D eigenvalue weighted by Crippen LogP contribution is 2.27. The van der Waals surface area contributed by atoms with E-state index in [2.05, 4.69) is 29.4 Å². The summed E-state index contributed by atoms with van der Waals surface area (Å²) in [5, 5.41) is 6.25. The zero-order chi connectivity index (χ0) is 21.2. The predicted octanol–water partition coefficient (Wildman–Crippen LogP) is 4.57. The molecule has 5 nitrogen and oxygen atoms in total. The van der Waals surface area contributed by atoms with Crippen molar-refractivity contribution < 1.29 is 9.59 Å². The molecule has 1 aliphatic rings. The van der Waals surface area contributed by atoms with Crippen LogP contribution >= 0.6 is 0 Å². The molecule has 1 aromatic carbocycles. The van der Waals surface area contributed by atoms with Gasteiger partial charge in [-0.2, -0.15) is 0 Å². The molecule has 0 aromatic heterocycles. The second-order valence-corrected chi connectivity index (χ2v) is 8.44. The van der Waals surface area contributed by atoms with Crippen molar-refractivity contribution in [3.8, 4) is 0 Å². The summed E-state index contributed by atoms with van der Waals surface area (Å²) in [4.78, 5) is 27.2. The highest BCUT2D eigenvalue weighted by molar-refractivity contribution is 5.93. The Morgan fingerprint density at radius 2 is 1.79 bits per heavy atom. The zero-order valence-electron chi connectivity index (χ0n) is 18.7. The minimum atomic E-state index is 0.000656. The summed E-state index contributed by atoms with van der Waals surface area (Å²) >= 11 is 0. The predicted molar refractivity (Wildman–Crippen MR) is 120 cm³/mol.